The Morgan fingerprint density at radius 3 is 2.86 bits per heavy atom. The SMILES string of the molecule is CCc1csc(NC(=O)N2CCC(N(C)CCCO)CC2)n1. The molecule has 0 saturated carbocycles. The molecule has 1 aromatic heterocycles. The van der Waals surface area contributed by atoms with Gasteiger partial charge in [0.15, 0.2) is 5.13 Å². The van der Waals surface area contributed by atoms with Gasteiger partial charge < -0.3 is 14.9 Å². The molecule has 0 atom stereocenters. The van der Waals surface area contributed by atoms with E-state index in [9.17, 15) is 4.79 Å². The maximum atomic E-state index is 12.2. The Balaban J connectivity index is 1.77. The molecule has 1 aromatic rings. The van der Waals surface area contributed by atoms with Crippen LogP contribution in [0.3, 0.4) is 0 Å². The van der Waals surface area contributed by atoms with Crippen molar-refractivity contribution in [2.75, 3.05) is 38.6 Å². The summed E-state index contributed by atoms with van der Waals surface area (Å²) < 4.78 is 0. The topological polar surface area (TPSA) is 68.7 Å². The lowest BCUT2D eigenvalue weighted by Gasteiger charge is -2.36. The summed E-state index contributed by atoms with van der Waals surface area (Å²) in [5, 5.41) is 14.5. The molecule has 2 heterocycles. The number of nitrogens with one attached hydrogen (secondary N) is 1. The number of aliphatic hydroxyl groups is 1. The first-order valence-electron chi connectivity index (χ1n) is 7.95. The van der Waals surface area contributed by atoms with E-state index in [1.165, 1.54) is 11.3 Å². The highest BCUT2D eigenvalue weighted by molar-refractivity contribution is 7.13. The van der Waals surface area contributed by atoms with Crippen LogP contribution in [0, 0.1) is 0 Å². The van der Waals surface area contributed by atoms with Crippen molar-refractivity contribution in [3.05, 3.63) is 11.1 Å². The second-order valence-electron chi connectivity index (χ2n) is 5.70. The predicted octanol–water partition coefficient (Wildman–Crippen LogP) is 2.02. The fourth-order valence-corrected chi connectivity index (χ4v) is 3.49. The quantitative estimate of drug-likeness (QED) is 0.839. The first-order valence-corrected chi connectivity index (χ1v) is 8.83. The largest absolute Gasteiger partial charge is 0.396 e. The highest BCUT2D eigenvalue weighted by atomic mass is 32.1. The standard InChI is InChI=1S/C15H26N4O2S/c1-3-12-11-22-14(16-12)17-15(21)19-8-5-13(6-9-19)18(2)7-4-10-20/h11,13,20H,3-10H2,1-2H3,(H,16,17,21). The maximum Gasteiger partial charge on any atom is 0.323 e. The number of thiazole rings is 1. The normalized spacial score (nSPS) is 16.3. The molecule has 124 valence electrons. The summed E-state index contributed by atoms with van der Waals surface area (Å²) in [6.07, 6.45) is 3.65. The molecule has 6 nitrogen and oxygen atoms in total. The number of anilines is 1. The predicted molar refractivity (Wildman–Crippen MR) is 89.4 cm³/mol. The molecule has 2 amide bonds. The van der Waals surface area contributed by atoms with E-state index in [0.29, 0.717) is 11.2 Å². The lowest BCUT2D eigenvalue weighted by Crippen LogP contribution is -2.47. The van der Waals surface area contributed by atoms with Crippen LogP contribution in [0.15, 0.2) is 5.38 Å². The third-order valence-corrected chi connectivity index (χ3v) is 4.98. The second kappa shape index (κ2) is 8.45. The van der Waals surface area contributed by atoms with Gasteiger partial charge in [-0.15, -0.1) is 11.3 Å². The zero-order valence-corrected chi connectivity index (χ0v) is 14.2. The van der Waals surface area contributed by atoms with Gasteiger partial charge in [0.05, 0.1) is 5.69 Å². The lowest BCUT2D eigenvalue weighted by molar-refractivity contribution is 0.134. The van der Waals surface area contributed by atoms with Crippen LogP contribution >= 0.6 is 11.3 Å². The number of nitrogens with zero attached hydrogens (tertiary/aromatic N) is 3. The summed E-state index contributed by atoms with van der Waals surface area (Å²) in [6, 6.07) is 0.454. The lowest BCUT2D eigenvalue weighted by atomic mass is 10.0. The highest BCUT2D eigenvalue weighted by Crippen LogP contribution is 2.19. The Labute approximate surface area is 136 Å². The molecule has 7 heteroatoms. The average Bonchev–Trinajstić information content (AvgIpc) is 3.00. The van der Waals surface area contributed by atoms with E-state index in [4.69, 9.17) is 5.11 Å². The molecule has 0 unspecified atom stereocenters. The molecule has 0 radical (unpaired) electrons. The van der Waals surface area contributed by atoms with E-state index in [-0.39, 0.29) is 12.6 Å². The fourth-order valence-electron chi connectivity index (χ4n) is 2.71. The minimum absolute atomic E-state index is 0.0477. The number of aryl methyl sites for hydroxylation is 1. The Kier molecular flexibility index (Phi) is 6.60. The van der Waals surface area contributed by atoms with Gasteiger partial charge in [-0.1, -0.05) is 6.92 Å². The van der Waals surface area contributed by atoms with E-state index in [0.717, 1.165) is 51.0 Å². The number of carbonyl (C=O) groups is 1. The van der Waals surface area contributed by atoms with E-state index in [2.05, 4.69) is 29.2 Å². The number of likely N-dealkylation sites (tertiary alicyclic amines) is 1. The zero-order valence-electron chi connectivity index (χ0n) is 13.4. The van der Waals surface area contributed by atoms with Gasteiger partial charge in [-0.2, -0.15) is 0 Å². The summed E-state index contributed by atoms with van der Waals surface area (Å²) in [5.74, 6) is 0. The van der Waals surface area contributed by atoms with Gasteiger partial charge in [-0.25, -0.2) is 9.78 Å². The number of rotatable bonds is 6. The second-order valence-corrected chi connectivity index (χ2v) is 6.56. The van der Waals surface area contributed by atoms with Crippen LogP contribution in [0.2, 0.25) is 0 Å². The molecule has 1 aliphatic rings. The van der Waals surface area contributed by atoms with Gasteiger partial charge in [0.2, 0.25) is 0 Å². The number of hydrogen-bond donors (Lipinski definition) is 2. The molecule has 22 heavy (non-hydrogen) atoms. The van der Waals surface area contributed by atoms with E-state index in [1.807, 2.05) is 10.3 Å². The number of aromatic nitrogens is 1. The van der Waals surface area contributed by atoms with Crippen molar-refractivity contribution in [2.24, 2.45) is 0 Å². The molecule has 1 saturated heterocycles. The summed E-state index contributed by atoms with van der Waals surface area (Å²) in [5.41, 5.74) is 1.02. The molecule has 0 spiro atoms. The Hall–Kier alpha value is -1.18. The summed E-state index contributed by atoms with van der Waals surface area (Å²) in [6.45, 7) is 4.74. The van der Waals surface area contributed by atoms with Crippen molar-refractivity contribution >= 4 is 22.5 Å². The molecular formula is C15H26N4O2S. The minimum atomic E-state index is -0.0477. The Morgan fingerprint density at radius 1 is 1.55 bits per heavy atom. The third-order valence-electron chi connectivity index (χ3n) is 4.17. The number of piperidine rings is 1. The van der Waals surface area contributed by atoms with Crippen molar-refractivity contribution < 1.29 is 9.90 Å². The first kappa shape index (κ1) is 17.2. The molecule has 0 bridgehead atoms. The molecule has 0 aromatic carbocycles. The molecular weight excluding hydrogens is 300 g/mol. The average molecular weight is 326 g/mol. The molecule has 2 N–H and O–H groups in total. The smallest absolute Gasteiger partial charge is 0.323 e. The molecule has 2 rings (SSSR count). The van der Waals surface area contributed by atoms with Crippen molar-refractivity contribution in [1.82, 2.24) is 14.8 Å². The van der Waals surface area contributed by atoms with Crippen molar-refractivity contribution in [2.45, 2.75) is 38.6 Å². The van der Waals surface area contributed by atoms with Crippen LogP contribution in [-0.2, 0) is 6.42 Å². The van der Waals surface area contributed by atoms with E-state index in [1.54, 1.807) is 0 Å². The maximum absolute atomic E-state index is 12.2. The van der Waals surface area contributed by atoms with E-state index < -0.39 is 0 Å². The fraction of sp³-hybridized carbons (Fsp3) is 0.733. The molecule has 0 aliphatic carbocycles. The van der Waals surface area contributed by atoms with Gasteiger partial charge in [0, 0.05) is 37.7 Å². The Morgan fingerprint density at radius 2 is 2.27 bits per heavy atom. The number of hydrogen-bond acceptors (Lipinski definition) is 5. The van der Waals surface area contributed by atoms with Gasteiger partial charge in [-0.05, 0) is 32.7 Å². The monoisotopic (exact) mass is 326 g/mol. The zero-order chi connectivity index (χ0) is 15.9. The van der Waals surface area contributed by atoms with Crippen molar-refractivity contribution in [3.8, 4) is 0 Å². The number of aliphatic hydroxyl groups excluding tert-OH is 1. The summed E-state index contributed by atoms with van der Waals surface area (Å²) in [7, 11) is 2.10. The van der Waals surface area contributed by atoms with Crippen molar-refractivity contribution in [1.29, 1.82) is 0 Å². The van der Waals surface area contributed by atoms with Crippen LogP contribution in [-0.4, -0.2) is 65.3 Å². The van der Waals surface area contributed by atoms with E-state index >= 15 is 0 Å². The van der Waals surface area contributed by atoms with Crippen LogP contribution in [0.25, 0.3) is 0 Å². The van der Waals surface area contributed by atoms with Crippen LogP contribution < -0.4 is 5.32 Å². The van der Waals surface area contributed by atoms with Crippen LogP contribution in [0.1, 0.15) is 31.9 Å². The highest BCUT2D eigenvalue weighted by Gasteiger charge is 2.25. The van der Waals surface area contributed by atoms with Crippen molar-refractivity contribution in [3.63, 3.8) is 0 Å². The summed E-state index contributed by atoms with van der Waals surface area (Å²) >= 11 is 1.48. The molecule has 1 fully saturated rings. The van der Waals surface area contributed by atoms with Gasteiger partial charge in [0.25, 0.3) is 0 Å². The van der Waals surface area contributed by atoms with Gasteiger partial charge >= 0.3 is 6.03 Å². The van der Waals surface area contributed by atoms with Gasteiger partial charge in [0.1, 0.15) is 0 Å². The van der Waals surface area contributed by atoms with Gasteiger partial charge in [-0.3, -0.25) is 5.32 Å². The molecule has 1 aliphatic heterocycles. The number of amides is 2. The summed E-state index contributed by atoms with van der Waals surface area (Å²) in [4.78, 5) is 20.8. The number of urea groups is 1. The minimum Gasteiger partial charge on any atom is -0.396 e. The Bertz CT molecular complexity index is 472. The number of carbonyl (C=O) groups excluding carboxylic acids is 1. The van der Waals surface area contributed by atoms with Crippen LogP contribution in [0.5, 0.6) is 0 Å². The first-order chi connectivity index (χ1) is 10.6. The van der Waals surface area contributed by atoms with Crippen LogP contribution in [0.4, 0.5) is 9.93 Å². The third kappa shape index (κ3) is 4.66.